The molecule has 2 aliphatic rings. The lowest BCUT2D eigenvalue weighted by molar-refractivity contribution is 0.0450. The van der Waals surface area contributed by atoms with Crippen LogP contribution in [0.3, 0.4) is 0 Å². The van der Waals surface area contributed by atoms with Gasteiger partial charge in [0.1, 0.15) is 18.3 Å². The predicted octanol–water partition coefficient (Wildman–Crippen LogP) is -0.675. The van der Waals surface area contributed by atoms with E-state index in [4.69, 9.17) is 29.5 Å². The Hall–Kier alpha value is -0.500. The fraction of sp³-hybridized carbons (Fsp3) is 0.833. The van der Waals surface area contributed by atoms with Crippen LogP contribution in [-0.4, -0.2) is 73.3 Å². The molecule has 2 rings (SSSR count). The Morgan fingerprint density at radius 2 is 1.56 bits per heavy atom. The number of rotatable bonds is 6. The van der Waals surface area contributed by atoms with Gasteiger partial charge < -0.3 is 29.5 Å². The Morgan fingerprint density at radius 3 is 1.72 bits per heavy atom. The van der Waals surface area contributed by atoms with Crippen molar-refractivity contribution < 1.29 is 29.5 Å². The van der Waals surface area contributed by atoms with Crippen molar-refractivity contribution in [2.45, 2.75) is 25.2 Å². The van der Waals surface area contributed by atoms with Crippen molar-refractivity contribution in [3.63, 3.8) is 0 Å². The molecule has 2 fully saturated rings. The van der Waals surface area contributed by atoms with Gasteiger partial charge in [0.15, 0.2) is 0 Å². The minimum absolute atomic E-state index is 0.365. The zero-order valence-electron chi connectivity index (χ0n) is 10.8. The summed E-state index contributed by atoms with van der Waals surface area (Å²) >= 11 is 0. The lowest BCUT2D eigenvalue weighted by Gasteiger charge is -1.96. The molecule has 0 aromatic carbocycles. The molecule has 0 radical (unpaired) electrons. The molecule has 0 spiro atoms. The lowest BCUT2D eigenvalue weighted by atomic mass is 10.4. The monoisotopic (exact) mass is 264 g/mol. The molecule has 18 heavy (non-hydrogen) atoms. The third-order valence-corrected chi connectivity index (χ3v) is 1.83. The molecule has 6 nitrogen and oxygen atoms in total. The molecule has 2 saturated heterocycles. The zero-order chi connectivity index (χ0) is 13.8. The topological polar surface area (TPSA) is 95.0 Å². The van der Waals surface area contributed by atoms with Gasteiger partial charge >= 0.3 is 0 Å². The molecule has 108 valence electrons. The molecule has 0 bridgehead atoms. The predicted molar refractivity (Wildman–Crippen MR) is 66.3 cm³/mol. The Morgan fingerprint density at radius 1 is 1.22 bits per heavy atom. The summed E-state index contributed by atoms with van der Waals surface area (Å²) in [5, 5.41) is 24.0. The maximum absolute atomic E-state index is 8.17. The third-order valence-electron chi connectivity index (χ3n) is 1.83. The molecule has 0 aliphatic carbocycles. The van der Waals surface area contributed by atoms with Gasteiger partial charge in [-0.25, -0.2) is 0 Å². The second-order valence-corrected chi connectivity index (χ2v) is 3.88. The van der Waals surface area contributed by atoms with E-state index in [1.807, 2.05) is 6.92 Å². The number of hydrogen-bond acceptors (Lipinski definition) is 6. The fourth-order valence-corrected chi connectivity index (χ4v) is 0.717. The first-order valence-electron chi connectivity index (χ1n) is 5.95. The van der Waals surface area contributed by atoms with Gasteiger partial charge in [0.05, 0.1) is 39.6 Å². The molecule has 0 aromatic heterocycles. The van der Waals surface area contributed by atoms with Crippen LogP contribution < -0.4 is 0 Å². The summed E-state index contributed by atoms with van der Waals surface area (Å²) in [6.45, 7) is 7.78. The van der Waals surface area contributed by atoms with Gasteiger partial charge in [-0.1, -0.05) is 6.08 Å². The minimum Gasteiger partial charge on any atom is -0.394 e. The molecule has 2 atom stereocenters. The molecular weight excluding hydrogens is 240 g/mol. The maximum atomic E-state index is 8.17. The largest absolute Gasteiger partial charge is 0.394 e. The van der Waals surface area contributed by atoms with Gasteiger partial charge in [-0.15, -0.1) is 6.58 Å². The minimum atomic E-state index is -0.954. The molecule has 6 heteroatoms. The Labute approximate surface area is 108 Å². The van der Waals surface area contributed by atoms with Crippen LogP contribution in [-0.2, 0) is 14.2 Å². The van der Waals surface area contributed by atoms with E-state index in [1.54, 1.807) is 6.08 Å². The van der Waals surface area contributed by atoms with E-state index in [1.165, 1.54) is 0 Å². The lowest BCUT2D eigenvalue weighted by Crippen LogP contribution is -2.15. The first-order valence-corrected chi connectivity index (χ1v) is 5.95. The molecule has 2 unspecified atom stereocenters. The highest BCUT2D eigenvalue weighted by Crippen LogP contribution is 2.12. The molecule has 0 aromatic rings. The van der Waals surface area contributed by atoms with Crippen LogP contribution in [0.1, 0.15) is 6.92 Å². The molecule has 2 heterocycles. The van der Waals surface area contributed by atoms with Crippen LogP contribution in [0.4, 0.5) is 0 Å². The van der Waals surface area contributed by atoms with Gasteiger partial charge in [0.25, 0.3) is 0 Å². The van der Waals surface area contributed by atoms with Crippen LogP contribution in [0.2, 0.25) is 0 Å². The number of epoxide rings is 2. The molecule has 0 amide bonds. The van der Waals surface area contributed by atoms with E-state index in [0.717, 1.165) is 26.4 Å². The number of aliphatic hydroxyl groups excluding tert-OH is 3. The van der Waals surface area contributed by atoms with Crippen molar-refractivity contribution in [1.82, 2.24) is 0 Å². The van der Waals surface area contributed by atoms with Crippen LogP contribution in [0.25, 0.3) is 0 Å². The summed E-state index contributed by atoms with van der Waals surface area (Å²) in [6.07, 6.45) is 1.58. The summed E-state index contributed by atoms with van der Waals surface area (Å²) in [6, 6.07) is 0. The van der Waals surface area contributed by atoms with Crippen molar-refractivity contribution in [3.8, 4) is 0 Å². The van der Waals surface area contributed by atoms with Crippen LogP contribution in [0.5, 0.6) is 0 Å². The second kappa shape index (κ2) is 11.6. The van der Waals surface area contributed by atoms with Crippen molar-refractivity contribution >= 4 is 0 Å². The summed E-state index contributed by atoms with van der Waals surface area (Å²) in [5.41, 5.74) is 0. The van der Waals surface area contributed by atoms with E-state index < -0.39 is 6.10 Å². The summed E-state index contributed by atoms with van der Waals surface area (Å²) in [4.78, 5) is 0. The van der Waals surface area contributed by atoms with E-state index in [0.29, 0.717) is 12.2 Å². The maximum Gasteiger partial charge on any atom is 0.104 e. The summed E-state index contributed by atoms with van der Waals surface area (Å²) < 4.78 is 15.1. The first kappa shape index (κ1) is 17.5. The average molecular weight is 264 g/mol. The van der Waals surface area contributed by atoms with Gasteiger partial charge in [-0.2, -0.15) is 0 Å². The quantitative estimate of drug-likeness (QED) is 0.435. The number of hydrogen-bond donors (Lipinski definition) is 3. The molecule has 3 N–H and O–H groups in total. The Balaban J connectivity index is 0.000000282. The van der Waals surface area contributed by atoms with Crippen LogP contribution in [0, 0.1) is 0 Å². The zero-order valence-corrected chi connectivity index (χ0v) is 10.8. The Bertz CT molecular complexity index is 175. The van der Waals surface area contributed by atoms with Crippen LogP contribution in [0.15, 0.2) is 12.7 Å². The molecular formula is C12H24O6. The third kappa shape index (κ3) is 13.6. The standard InChI is InChI=1S/C6H10O3.C3H8O3.C3H6/c1(5-3-8-5)7-2-6-4-9-6;4-1-3(6)2-5;1-3-2/h5-6H,1-4H2;3-6H,1-2H2;3H,1H2,2H3. The normalized spacial score (nSPS) is 23.4. The van der Waals surface area contributed by atoms with Gasteiger partial charge in [-0.3, -0.25) is 0 Å². The van der Waals surface area contributed by atoms with E-state index in [9.17, 15) is 0 Å². The Kier molecular flexibility index (Phi) is 11.3. The highest BCUT2D eigenvalue weighted by Gasteiger charge is 2.26. The SMILES string of the molecule is C(OCC1CO1)C1CO1.C=CC.OCC(O)CO. The van der Waals surface area contributed by atoms with Gasteiger partial charge in [0.2, 0.25) is 0 Å². The number of allylic oxidation sites excluding steroid dienone is 1. The van der Waals surface area contributed by atoms with Crippen molar-refractivity contribution in [3.05, 3.63) is 12.7 Å². The van der Waals surface area contributed by atoms with E-state index >= 15 is 0 Å². The van der Waals surface area contributed by atoms with Crippen LogP contribution >= 0.6 is 0 Å². The van der Waals surface area contributed by atoms with Gasteiger partial charge in [-0.05, 0) is 6.92 Å². The highest BCUT2D eigenvalue weighted by molar-refractivity contribution is 4.71. The van der Waals surface area contributed by atoms with Crippen molar-refractivity contribution in [2.24, 2.45) is 0 Å². The first-order chi connectivity index (χ1) is 8.67. The second-order valence-electron chi connectivity index (χ2n) is 3.88. The number of ether oxygens (including phenoxy) is 3. The van der Waals surface area contributed by atoms with Crippen molar-refractivity contribution in [2.75, 3.05) is 39.6 Å². The summed E-state index contributed by atoms with van der Waals surface area (Å²) in [5.74, 6) is 0. The highest BCUT2D eigenvalue weighted by atomic mass is 16.6. The van der Waals surface area contributed by atoms with Gasteiger partial charge in [0, 0.05) is 0 Å². The van der Waals surface area contributed by atoms with E-state index in [2.05, 4.69) is 6.58 Å². The van der Waals surface area contributed by atoms with E-state index in [-0.39, 0.29) is 13.2 Å². The number of aliphatic hydroxyl groups is 3. The molecule has 0 saturated carbocycles. The molecule has 2 aliphatic heterocycles. The smallest absolute Gasteiger partial charge is 0.104 e. The summed E-state index contributed by atoms with van der Waals surface area (Å²) in [7, 11) is 0. The average Bonchev–Trinajstić information content (AvgIpc) is 3.24. The van der Waals surface area contributed by atoms with Crippen molar-refractivity contribution in [1.29, 1.82) is 0 Å². The fourth-order valence-electron chi connectivity index (χ4n) is 0.717.